The Morgan fingerprint density at radius 1 is 1.32 bits per heavy atom. The number of rotatable bonds is 3. The Morgan fingerprint density at radius 2 is 1.95 bits per heavy atom. The molecule has 1 atom stereocenters. The van der Waals surface area contributed by atoms with Crippen molar-refractivity contribution < 1.29 is 5.11 Å². The first kappa shape index (κ1) is 14.9. The van der Waals surface area contributed by atoms with Gasteiger partial charge in [0.1, 0.15) is 0 Å². The Morgan fingerprint density at radius 3 is 2.53 bits per heavy atom. The highest BCUT2D eigenvalue weighted by Crippen LogP contribution is 2.40. The molecule has 106 valence electrons. The number of aliphatic hydroxyl groups is 1. The van der Waals surface area contributed by atoms with Crippen LogP contribution in [0, 0.1) is 6.92 Å². The first-order valence-electron chi connectivity index (χ1n) is 6.66. The second kappa shape index (κ2) is 6.31. The van der Waals surface area contributed by atoms with Gasteiger partial charge >= 0.3 is 0 Å². The van der Waals surface area contributed by atoms with Gasteiger partial charge in [0.25, 0.3) is 0 Å². The lowest BCUT2D eigenvalue weighted by molar-refractivity contribution is 0.267. The van der Waals surface area contributed by atoms with E-state index in [1.165, 1.54) is 19.3 Å². The smallest absolute Gasteiger partial charge is 0.0747 e. The van der Waals surface area contributed by atoms with Gasteiger partial charge in [0.15, 0.2) is 0 Å². The van der Waals surface area contributed by atoms with Crippen LogP contribution in [0.2, 0.25) is 10.0 Å². The molecule has 1 fully saturated rings. The van der Waals surface area contributed by atoms with E-state index >= 15 is 0 Å². The number of anilines is 1. The standard InChI is InChI=1S/C14H20Cl2N2O/c1-9-10(12(17)8-19)7-11(15)14(13(9)16)18-5-3-2-4-6-18/h7,12,19H,2-6,8,17H2,1H3/t12-/m1/s1. The van der Waals surface area contributed by atoms with Gasteiger partial charge in [-0.1, -0.05) is 23.2 Å². The van der Waals surface area contributed by atoms with Gasteiger partial charge in [-0.05, 0) is 43.4 Å². The molecule has 2 rings (SSSR count). The van der Waals surface area contributed by atoms with Gasteiger partial charge in [-0.3, -0.25) is 0 Å². The van der Waals surface area contributed by atoms with Gasteiger partial charge in [-0.25, -0.2) is 0 Å². The zero-order chi connectivity index (χ0) is 14.0. The van der Waals surface area contributed by atoms with Crippen LogP contribution in [-0.2, 0) is 0 Å². The van der Waals surface area contributed by atoms with E-state index in [2.05, 4.69) is 4.90 Å². The molecule has 0 bridgehead atoms. The predicted molar refractivity (Wildman–Crippen MR) is 81.3 cm³/mol. The average Bonchev–Trinajstić information content (AvgIpc) is 2.43. The Kier molecular flexibility index (Phi) is 4.96. The molecular weight excluding hydrogens is 283 g/mol. The van der Waals surface area contributed by atoms with E-state index in [1.807, 2.05) is 13.0 Å². The maximum absolute atomic E-state index is 9.19. The van der Waals surface area contributed by atoms with E-state index in [-0.39, 0.29) is 6.61 Å². The van der Waals surface area contributed by atoms with Crippen LogP contribution in [-0.4, -0.2) is 24.8 Å². The van der Waals surface area contributed by atoms with Gasteiger partial charge in [-0.2, -0.15) is 0 Å². The van der Waals surface area contributed by atoms with E-state index in [1.54, 1.807) is 0 Å². The fourth-order valence-electron chi connectivity index (χ4n) is 2.61. The van der Waals surface area contributed by atoms with Crippen molar-refractivity contribution >= 4 is 28.9 Å². The van der Waals surface area contributed by atoms with Crippen LogP contribution in [0.4, 0.5) is 5.69 Å². The number of nitrogens with zero attached hydrogens (tertiary/aromatic N) is 1. The van der Waals surface area contributed by atoms with E-state index < -0.39 is 6.04 Å². The molecule has 3 nitrogen and oxygen atoms in total. The molecule has 0 saturated carbocycles. The highest BCUT2D eigenvalue weighted by molar-refractivity contribution is 6.39. The molecular formula is C14H20Cl2N2O. The Balaban J connectivity index is 2.42. The highest BCUT2D eigenvalue weighted by Gasteiger charge is 2.22. The lowest BCUT2D eigenvalue weighted by Gasteiger charge is -2.31. The molecule has 0 aromatic heterocycles. The van der Waals surface area contributed by atoms with Crippen molar-refractivity contribution in [3.8, 4) is 0 Å². The number of hydrogen-bond acceptors (Lipinski definition) is 3. The van der Waals surface area contributed by atoms with E-state index in [0.29, 0.717) is 10.0 Å². The van der Waals surface area contributed by atoms with Crippen LogP contribution < -0.4 is 10.6 Å². The lowest BCUT2D eigenvalue weighted by Crippen LogP contribution is -2.30. The largest absolute Gasteiger partial charge is 0.394 e. The number of piperidine rings is 1. The number of nitrogens with two attached hydrogens (primary N) is 1. The second-order valence-corrected chi connectivity index (χ2v) is 5.86. The number of benzene rings is 1. The zero-order valence-electron chi connectivity index (χ0n) is 11.1. The summed E-state index contributed by atoms with van der Waals surface area (Å²) in [6.45, 7) is 3.79. The normalized spacial score (nSPS) is 17.6. The summed E-state index contributed by atoms with van der Waals surface area (Å²) in [6.07, 6.45) is 3.60. The molecule has 5 heteroatoms. The van der Waals surface area contributed by atoms with Crippen molar-refractivity contribution in [3.05, 3.63) is 27.2 Å². The second-order valence-electron chi connectivity index (χ2n) is 5.07. The molecule has 0 unspecified atom stereocenters. The van der Waals surface area contributed by atoms with Crippen molar-refractivity contribution in [2.24, 2.45) is 5.73 Å². The zero-order valence-corrected chi connectivity index (χ0v) is 12.6. The van der Waals surface area contributed by atoms with Crippen molar-refractivity contribution in [2.45, 2.75) is 32.2 Å². The molecule has 1 aromatic rings. The minimum atomic E-state index is -0.439. The molecule has 0 spiro atoms. The molecule has 0 radical (unpaired) electrons. The topological polar surface area (TPSA) is 49.5 Å². The first-order chi connectivity index (χ1) is 9.06. The third-order valence-electron chi connectivity index (χ3n) is 3.75. The number of aliphatic hydroxyl groups excluding tert-OH is 1. The van der Waals surface area contributed by atoms with Gasteiger partial charge < -0.3 is 15.7 Å². The van der Waals surface area contributed by atoms with Crippen molar-refractivity contribution in [1.82, 2.24) is 0 Å². The maximum Gasteiger partial charge on any atom is 0.0747 e. The van der Waals surface area contributed by atoms with Crippen LogP contribution in [0.1, 0.15) is 36.4 Å². The van der Waals surface area contributed by atoms with Gasteiger partial charge in [-0.15, -0.1) is 0 Å². The molecule has 1 aromatic carbocycles. The van der Waals surface area contributed by atoms with Crippen LogP contribution >= 0.6 is 23.2 Å². The first-order valence-corrected chi connectivity index (χ1v) is 7.41. The average molecular weight is 303 g/mol. The minimum absolute atomic E-state index is 0.115. The van der Waals surface area contributed by atoms with E-state index in [0.717, 1.165) is 29.9 Å². The third kappa shape index (κ3) is 3.00. The molecule has 1 aliphatic heterocycles. The Hall–Kier alpha value is -0.480. The SMILES string of the molecule is Cc1c([C@H](N)CO)cc(Cl)c(N2CCCCC2)c1Cl. The molecule has 1 aliphatic rings. The summed E-state index contributed by atoms with van der Waals surface area (Å²) in [5.74, 6) is 0. The minimum Gasteiger partial charge on any atom is -0.394 e. The van der Waals surface area contributed by atoms with E-state index in [9.17, 15) is 5.11 Å². The quantitative estimate of drug-likeness (QED) is 0.901. The monoisotopic (exact) mass is 302 g/mol. The molecule has 0 aliphatic carbocycles. The van der Waals surface area contributed by atoms with Gasteiger partial charge in [0, 0.05) is 13.1 Å². The summed E-state index contributed by atoms with van der Waals surface area (Å²) < 4.78 is 0. The lowest BCUT2D eigenvalue weighted by atomic mass is 10.00. The fraction of sp³-hybridized carbons (Fsp3) is 0.571. The predicted octanol–water partition coefficient (Wildman–Crippen LogP) is 3.28. The van der Waals surface area contributed by atoms with Crippen molar-refractivity contribution in [1.29, 1.82) is 0 Å². The number of halogens is 2. The fourth-order valence-corrected chi connectivity index (χ4v) is 3.32. The van der Waals surface area contributed by atoms with Crippen molar-refractivity contribution in [3.63, 3.8) is 0 Å². The van der Waals surface area contributed by atoms with Crippen molar-refractivity contribution in [2.75, 3.05) is 24.6 Å². The molecule has 1 saturated heterocycles. The summed E-state index contributed by atoms with van der Waals surface area (Å²) in [5.41, 5.74) is 8.52. The van der Waals surface area contributed by atoms with Crippen LogP contribution in [0.15, 0.2) is 6.07 Å². The Bertz CT molecular complexity index is 459. The summed E-state index contributed by atoms with van der Waals surface area (Å²) in [5, 5.41) is 10.5. The van der Waals surface area contributed by atoms with Crippen LogP contribution in [0.3, 0.4) is 0 Å². The van der Waals surface area contributed by atoms with Gasteiger partial charge in [0.05, 0.1) is 28.4 Å². The third-order valence-corrected chi connectivity index (χ3v) is 4.50. The summed E-state index contributed by atoms with van der Waals surface area (Å²) in [4.78, 5) is 2.25. The van der Waals surface area contributed by atoms with Gasteiger partial charge in [0.2, 0.25) is 0 Å². The summed E-state index contributed by atoms with van der Waals surface area (Å²) in [6, 6.07) is 1.40. The summed E-state index contributed by atoms with van der Waals surface area (Å²) >= 11 is 12.9. The highest BCUT2D eigenvalue weighted by atomic mass is 35.5. The Labute approximate surface area is 124 Å². The molecule has 19 heavy (non-hydrogen) atoms. The molecule has 1 heterocycles. The number of hydrogen-bond donors (Lipinski definition) is 2. The molecule has 3 N–H and O–H groups in total. The van der Waals surface area contributed by atoms with Crippen LogP contribution in [0.5, 0.6) is 0 Å². The maximum atomic E-state index is 9.19. The van der Waals surface area contributed by atoms with Crippen LogP contribution in [0.25, 0.3) is 0 Å². The van der Waals surface area contributed by atoms with E-state index in [4.69, 9.17) is 28.9 Å². The molecule has 0 amide bonds. The summed E-state index contributed by atoms with van der Waals surface area (Å²) in [7, 11) is 0.